The summed E-state index contributed by atoms with van der Waals surface area (Å²) in [7, 11) is 0. The Balaban J connectivity index is 1.80. The van der Waals surface area contributed by atoms with Gasteiger partial charge in [0.2, 0.25) is 0 Å². The predicted octanol–water partition coefficient (Wildman–Crippen LogP) is 3.95. The molecule has 0 saturated heterocycles. The van der Waals surface area contributed by atoms with Gasteiger partial charge in [0.15, 0.2) is 5.13 Å². The van der Waals surface area contributed by atoms with E-state index in [0.717, 1.165) is 21.5 Å². The summed E-state index contributed by atoms with van der Waals surface area (Å²) in [4.78, 5) is 32.0. The minimum Gasteiger partial charge on any atom is -0.276 e. The first kappa shape index (κ1) is 17.2. The Labute approximate surface area is 160 Å². The Bertz CT molecular complexity index is 1100. The fraction of sp³-hybridized carbons (Fsp3) is 0.150. The van der Waals surface area contributed by atoms with Crippen molar-refractivity contribution in [1.82, 2.24) is 19.9 Å². The molecule has 1 amide bonds. The van der Waals surface area contributed by atoms with Gasteiger partial charge in [-0.2, -0.15) is 0 Å². The molecular formula is C20H17N5OS. The highest BCUT2D eigenvalue weighted by atomic mass is 32.1. The van der Waals surface area contributed by atoms with Crippen LogP contribution in [-0.2, 0) is 6.54 Å². The van der Waals surface area contributed by atoms with E-state index in [4.69, 9.17) is 4.98 Å². The maximum atomic E-state index is 13.1. The van der Waals surface area contributed by atoms with Crippen molar-refractivity contribution in [2.45, 2.75) is 20.4 Å². The summed E-state index contributed by atoms with van der Waals surface area (Å²) in [5.74, 6) is -0.248. The molecule has 0 fully saturated rings. The van der Waals surface area contributed by atoms with Crippen molar-refractivity contribution in [3.8, 4) is 0 Å². The van der Waals surface area contributed by atoms with Crippen LogP contribution in [0.2, 0.25) is 0 Å². The van der Waals surface area contributed by atoms with Crippen LogP contribution >= 0.6 is 11.3 Å². The van der Waals surface area contributed by atoms with Crippen LogP contribution in [0.1, 0.15) is 27.3 Å². The molecule has 0 aliphatic heterocycles. The number of fused-ring (bicyclic) bond motifs is 1. The van der Waals surface area contributed by atoms with E-state index in [1.807, 2.05) is 25.1 Å². The van der Waals surface area contributed by atoms with Gasteiger partial charge in [0.05, 0.1) is 28.7 Å². The van der Waals surface area contributed by atoms with Crippen molar-refractivity contribution in [2.24, 2.45) is 0 Å². The number of carbonyl (C=O) groups is 1. The molecule has 7 heteroatoms. The standard InChI is InChI=1S/C20H17N5OS/c1-13-9-14(2)18-17(10-13)27-20(24-18)25(12-15-5-3-4-6-22-15)19(26)16-11-21-7-8-23-16/h3-11H,12H2,1-2H3. The van der Waals surface area contributed by atoms with Crippen molar-refractivity contribution in [2.75, 3.05) is 4.90 Å². The summed E-state index contributed by atoms with van der Waals surface area (Å²) < 4.78 is 1.06. The van der Waals surface area contributed by atoms with Crippen LogP contribution in [-0.4, -0.2) is 25.8 Å². The lowest BCUT2D eigenvalue weighted by atomic mass is 10.1. The minimum atomic E-state index is -0.248. The van der Waals surface area contributed by atoms with E-state index in [2.05, 4.69) is 34.0 Å². The number of amides is 1. The molecule has 3 aromatic heterocycles. The maximum absolute atomic E-state index is 13.1. The van der Waals surface area contributed by atoms with Gasteiger partial charge in [-0.05, 0) is 43.2 Å². The second-order valence-electron chi connectivity index (χ2n) is 6.23. The molecule has 134 valence electrons. The summed E-state index contributed by atoms with van der Waals surface area (Å²) in [5.41, 5.74) is 4.24. The van der Waals surface area contributed by atoms with E-state index in [-0.39, 0.29) is 11.6 Å². The molecule has 6 nitrogen and oxygen atoms in total. The van der Waals surface area contributed by atoms with Crippen LogP contribution in [0.5, 0.6) is 0 Å². The van der Waals surface area contributed by atoms with E-state index >= 15 is 0 Å². The second kappa shape index (κ2) is 7.20. The summed E-state index contributed by atoms with van der Waals surface area (Å²) in [6.07, 6.45) is 6.24. The van der Waals surface area contributed by atoms with Gasteiger partial charge in [-0.15, -0.1) is 0 Å². The van der Waals surface area contributed by atoms with E-state index in [9.17, 15) is 4.79 Å². The van der Waals surface area contributed by atoms with Crippen LogP contribution < -0.4 is 4.90 Å². The van der Waals surface area contributed by atoms with Gasteiger partial charge in [0.1, 0.15) is 5.69 Å². The van der Waals surface area contributed by atoms with Crippen molar-refractivity contribution in [3.05, 3.63) is 77.6 Å². The van der Waals surface area contributed by atoms with Gasteiger partial charge in [-0.25, -0.2) is 9.97 Å². The lowest BCUT2D eigenvalue weighted by molar-refractivity contribution is 0.0979. The molecule has 4 aromatic rings. The van der Waals surface area contributed by atoms with Crippen LogP contribution in [0.3, 0.4) is 0 Å². The topological polar surface area (TPSA) is 71.9 Å². The van der Waals surface area contributed by atoms with E-state index in [0.29, 0.717) is 11.7 Å². The molecule has 0 unspecified atom stereocenters. The van der Waals surface area contributed by atoms with Gasteiger partial charge < -0.3 is 0 Å². The third-order valence-corrected chi connectivity index (χ3v) is 5.15. The van der Waals surface area contributed by atoms with Gasteiger partial charge >= 0.3 is 0 Å². The summed E-state index contributed by atoms with van der Waals surface area (Å²) >= 11 is 1.49. The number of hydrogen-bond donors (Lipinski definition) is 0. The predicted molar refractivity (Wildman–Crippen MR) is 106 cm³/mol. The van der Waals surface area contributed by atoms with Crippen LogP contribution in [0.4, 0.5) is 5.13 Å². The Morgan fingerprint density at radius 2 is 2.00 bits per heavy atom. The summed E-state index contributed by atoms with van der Waals surface area (Å²) in [5, 5.41) is 0.625. The second-order valence-corrected chi connectivity index (χ2v) is 7.24. The molecule has 0 radical (unpaired) electrons. The number of nitrogens with zero attached hydrogens (tertiary/aromatic N) is 5. The van der Waals surface area contributed by atoms with Crippen LogP contribution in [0, 0.1) is 13.8 Å². The third-order valence-electron chi connectivity index (χ3n) is 4.12. The molecule has 1 aromatic carbocycles. The first-order valence-electron chi connectivity index (χ1n) is 8.47. The Morgan fingerprint density at radius 1 is 1.11 bits per heavy atom. The number of aryl methyl sites for hydroxylation is 2. The Morgan fingerprint density at radius 3 is 2.74 bits per heavy atom. The van der Waals surface area contributed by atoms with Crippen LogP contribution in [0.15, 0.2) is 55.1 Å². The Hall–Kier alpha value is -3.19. The Kier molecular flexibility index (Phi) is 4.60. The maximum Gasteiger partial charge on any atom is 0.280 e. The van der Waals surface area contributed by atoms with Crippen molar-refractivity contribution in [3.63, 3.8) is 0 Å². The minimum absolute atomic E-state index is 0.248. The molecule has 0 atom stereocenters. The quantitative estimate of drug-likeness (QED) is 0.540. The molecule has 0 spiro atoms. The average molecular weight is 375 g/mol. The molecular weight excluding hydrogens is 358 g/mol. The van der Waals surface area contributed by atoms with Crippen molar-refractivity contribution >= 4 is 32.6 Å². The SMILES string of the molecule is Cc1cc(C)c2nc(N(Cc3ccccn3)C(=O)c3cnccn3)sc2c1. The smallest absolute Gasteiger partial charge is 0.276 e. The zero-order valence-corrected chi connectivity index (χ0v) is 15.8. The normalized spacial score (nSPS) is 10.9. The number of carbonyl (C=O) groups excluding carboxylic acids is 1. The van der Waals surface area contributed by atoms with Gasteiger partial charge in [-0.3, -0.25) is 19.7 Å². The van der Waals surface area contributed by atoms with Crippen molar-refractivity contribution in [1.29, 1.82) is 0 Å². The highest BCUT2D eigenvalue weighted by Crippen LogP contribution is 2.32. The lowest BCUT2D eigenvalue weighted by Gasteiger charge is -2.18. The molecule has 3 heterocycles. The summed E-state index contributed by atoms with van der Waals surface area (Å²) in [6, 6.07) is 9.83. The van der Waals surface area contributed by atoms with Gasteiger partial charge in [0.25, 0.3) is 5.91 Å². The zero-order valence-electron chi connectivity index (χ0n) is 15.0. The molecule has 27 heavy (non-hydrogen) atoms. The van der Waals surface area contributed by atoms with E-state index in [1.54, 1.807) is 17.3 Å². The van der Waals surface area contributed by atoms with Gasteiger partial charge in [0, 0.05) is 18.6 Å². The monoisotopic (exact) mass is 375 g/mol. The summed E-state index contributed by atoms with van der Waals surface area (Å²) in [6.45, 7) is 4.41. The number of rotatable bonds is 4. The molecule has 0 aliphatic rings. The van der Waals surface area contributed by atoms with E-state index in [1.165, 1.54) is 29.3 Å². The molecule has 0 bridgehead atoms. The molecule has 0 aliphatic carbocycles. The third kappa shape index (κ3) is 3.54. The largest absolute Gasteiger partial charge is 0.280 e. The fourth-order valence-electron chi connectivity index (χ4n) is 2.90. The number of benzene rings is 1. The first-order valence-corrected chi connectivity index (χ1v) is 9.29. The lowest BCUT2D eigenvalue weighted by Crippen LogP contribution is -2.31. The highest BCUT2D eigenvalue weighted by Gasteiger charge is 2.23. The zero-order chi connectivity index (χ0) is 18.8. The fourth-order valence-corrected chi connectivity index (χ4v) is 4.04. The first-order chi connectivity index (χ1) is 13.1. The number of anilines is 1. The van der Waals surface area contributed by atoms with Crippen molar-refractivity contribution < 1.29 is 4.79 Å². The average Bonchev–Trinajstić information content (AvgIpc) is 3.11. The molecule has 4 rings (SSSR count). The van der Waals surface area contributed by atoms with Crippen LogP contribution in [0.25, 0.3) is 10.2 Å². The number of thiazole rings is 1. The number of aromatic nitrogens is 4. The molecule has 0 N–H and O–H groups in total. The molecule has 0 saturated carbocycles. The van der Waals surface area contributed by atoms with E-state index < -0.39 is 0 Å². The highest BCUT2D eigenvalue weighted by molar-refractivity contribution is 7.22. The van der Waals surface area contributed by atoms with Gasteiger partial charge in [-0.1, -0.05) is 23.5 Å². The number of hydrogen-bond acceptors (Lipinski definition) is 6. The number of pyridine rings is 1.